The van der Waals surface area contributed by atoms with Crippen LogP contribution < -0.4 is 4.72 Å². The number of nitro benzene ring substituents is 1. The molecule has 8 nitrogen and oxygen atoms in total. The maximum atomic E-state index is 12.4. The molecule has 1 aromatic heterocycles. The van der Waals surface area contributed by atoms with Gasteiger partial charge in [0.2, 0.25) is 5.13 Å². The first-order valence-corrected chi connectivity index (χ1v) is 9.87. The van der Waals surface area contributed by atoms with Crippen LogP contribution in [0, 0.1) is 10.1 Å². The van der Waals surface area contributed by atoms with Crippen LogP contribution in [0.15, 0.2) is 29.2 Å². The Labute approximate surface area is 143 Å². The van der Waals surface area contributed by atoms with Gasteiger partial charge in [0.25, 0.3) is 15.7 Å². The second-order valence-corrected chi connectivity index (χ2v) is 8.27. The number of nitrogens with zero attached hydrogens (tertiary/aromatic N) is 3. The van der Waals surface area contributed by atoms with Crippen LogP contribution in [0.2, 0.25) is 0 Å². The lowest BCUT2D eigenvalue weighted by Gasteiger charge is -2.18. The number of rotatable bonds is 5. The van der Waals surface area contributed by atoms with Gasteiger partial charge in [-0.15, -0.1) is 10.2 Å². The van der Waals surface area contributed by atoms with E-state index in [-0.39, 0.29) is 10.0 Å². The third kappa shape index (κ3) is 3.54. The molecule has 0 unspecified atom stereocenters. The fraction of sp³-hybridized carbons (Fsp3) is 0.429. The van der Waals surface area contributed by atoms with Crippen molar-refractivity contribution < 1.29 is 13.3 Å². The lowest BCUT2D eigenvalue weighted by molar-refractivity contribution is -0.387. The van der Waals surface area contributed by atoms with Gasteiger partial charge in [0, 0.05) is 12.0 Å². The van der Waals surface area contributed by atoms with E-state index in [4.69, 9.17) is 0 Å². The fourth-order valence-corrected chi connectivity index (χ4v) is 5.11. The maximum absolute atomic E-state index is 12.4. The number of benzene rings is 1. The predicted molar refractivity (Wildman–Crippen MR) is 89.6 cm³/mol. The fourth-order valence-electron chi connectivity index (χ4n) is 2.80. The van der Waals surface area contributed by atoms with Gasteiger partial charge in [-0.3, -0.25) is 14.8 Å². The number of hydrogen-bond donors (Lipinski definition) is 1. The molecule has 0 bridgehead atoms. The zero-order chi connectivity index (χ0) is 17.2. The summed E-state index contributed by atoms with van der Waals surface area (Å²) in [4.78, 5) is 9.91. The Balaban J connectivity index is 1.83. The molecule has 128 valence electrons. The van der Waals surface area contributed by atoms with Gasteiger partial charge in [0.1, 0.15) is 5.01 Å². The lowest BCUT2D eigenvalue weighted by Crippen LogP contribution is -2.14. The van der Waals surface area contributed by atoms with Gasteiger partial charge in [-0.05, 0) is 18.9 Å². The quantitative estimate of drug-likeness (QED) is 0.639. The van der Waals surface area contributed by atoms with E-state index in [0.717, 1.165) is 36.8 Å². The van der Waals surface area contributed by atoms with E-state index in [2.05, 4.69) is 14.9 Å². The topological polar surface area (TPSA) is 115 Å². The van der Waals surface area contributed by atoms with Crippen molar-refractivity contribution in [3.8, 4) is 0 Å². The van der Waals surface area contributed by atoms with E-state index in [0.29, 0.717) is 5.92 Å². The smallest absolute Gasteiger partial charge is 0.258 e. The second-order valence-electron chi connectivity index (χ2n) is 5.61. The van der Waals surface area contributed by atoms with Crippen molar-refractivity contribution in [2.75, 3.05) is 4.72 Å². The number of sulfonamides is 1. The minimum atomic E-state index is -4.09. The van der Waals surface area contributed by atoms with Crippen molar-refractivity contribution in [3.05, 3.63) is 39.4 Å². The molecular formula is C14H16N4O4S2. The molecule has 1 aromatic carbocycles. The Kier molecular flexibility index (Phi) is 4.76. The van der Waals surface area contributed by atoms with Gasteiger partial charge >= 0.3 is 0 Å². The Bertz CT molecular complexity index is 844. The summed E-state index contributed by atoms with van der Waals surface area (Å²) in [5, 5.41) is 19.9. The average Bonchev–Trinajstić information content (AvgIpc) is 3.03. The molecule has 1 saturated carbocycles. The minimum absolute atomic E-state index is 0.133. The first-order valence-electron chi connectivity index (χ1n) is 7.57. The number of nitrogens with one attached hydrogen (secondary N) is 1. The molecule has 0 amide bonds. The molecule has 3 rings (SSSR count). The summed E-state index contributed by atoms with van der Waals surface area (Å²) in [5.74, 6) is 0.320. The molecule has 0 spiro atoms. The highest BCUT2D eigenvalue weighted by molar-refractivity contribution is 7.93. The van der Waals surface area contributed by atoms with E-state index >= 15 is 0 Å². The second kappa shape index (κ2) is 6.81. The highest BCUT2D eigenvalue weighted by Gasteiger charge is 2.27. The van der Waals surface area contributed by atoms with Crippen molar-refractivity contribution >= 4 is 32.2 Å². The molecule has 0 aliphatic heterocycles. The van der Waals surface area contributed by atoms with E-state index in [1.165, 1.54) is 36.0 Å². The van der Waals surface area contributed by atoms with Gasteiger partial charge in [-0.2, -0.15) is 0 Å². The monoisotopic (exact) mass is 368 g/mol. The van der Waals surface area contributed by atoms with Crippen molar-refractivity contribution in [2.24, 2.45) is 0 Å². The molecule has 1 aliphatic carbocycles. The molecule has 1 aliphatic rings. The summed E-state index contributed by atoms with van der Waals surface area (Å²) >= 11 is 1.19. The number of aromatic nitrogens is 2. The number of para-hydroxylation sites is 1. The summed E-state index contributed by atoms with van der Waals surface area (Å²) < 4.78 is 27.2. The Morgan fingerprint density at radius 2 is 1.88 bits per heavy atom. The average molecular weight is 368 g/mol. The van der Waals surface area contributed by atoms with Gasteiger partial charge in [0.15, 0.2) is 4.90 Å². The molecule has 2 aromatic rings. The summed E-state index contributed by atoms with van der Waals surface area (Å²) in [6.45, 7) is 0. The maximum Gasteiger partial charge on any atom is 0.289 e. The third-order valence-corrected chi connectivity index (χ3v) is 6.48. The summed E-state index contributed by atoms with van der Waals surface area (Å²) in [7, 11) is -4.09. The van der Waals surface area contributed by atoms with Gasteiger partial charge in [0.05, 0.1) is 4.92 Å². The zero-order valence-corrected chi connectivity index (χ0v) is 14.3. The number of anilines is 1. The number of hydrogen-bond acceptors (Lipinski definition) is 7. The first-order chi connectivity index (χ1) is 11.5. The first kappa shape index (κ1) is 16.8. The van der Waals surface area contributed by atoms with Crippen molar-refractivity contribution in [1.82, 2.24) is 10.2 Å². The molecule has 1 heterocycles. The van der Waals surface area contributed by atoms with E-state index < -0.39 is 20.6 Å². The minimum Gasteiger partial charge on any atom is -0.258 e. The Hall–Kier alpha value is -2.07. The van der Waals surface area contributed by atoms with Crippen LogP contribution >= 0.6 is 11.3 Å². The van der Waals surface area contributed by atoms with Crippen LogP contribution in [0.3, 0.4) is 0 Å². The largest absolute Gasteiger partial charge is 0.289 e. The molecular weight excluding hydrogens is 352 g/mol. The zero-order valence-electron chi connectivity index (χ0n) is 12.7. The Morgan fingerprint density at radius 1 is 1.17 bits per heavy atom. The summed E-state index contributed by atoms with van der Waals surface area (Å²) in [5.41, 5.74) is -0.470. The van der Waals surface area contributed by atoms with Crippen molar-refractivity contribution in [3.63, 3.8) is 0 Å². The highest BCUT2D eigenvalue weighted by Crippen LogP contribution is 2.35. The highest BCUT2D eigenvalue weighted by atomic mass is 32.2. The van der Waals surface area contributed by atoms with Crippen molar-refractivity contribution in [1.29, 1.82) is 0 Å². The standard InChI is InChI=1S/C14H16N4O4S2/c19-18(20)11-8-4-5-9-12(11)24(21,22)17-14-16-15-13(23-14)10-6-2-1-3-7-10/h4-5,8-10H,1-3,6-7H2,(H,16,17). The lowest BCUT2D eigenvalue weighted by atomic mass is 9.90. The number of nitro groups is 1. The molecule has 0 radical (unpaired) electrons. The van der Waals surface area contributed by atoms with Crippen LogP contribution in [0.1, 0.15) is 43.0 Å². The van der Waals surface area contributed by atoms with E-state index in [1.54, 1.807) is 0 Å². The van der Waals surface area contributed by atoms with Crippen LogP contribution in [0.5, 0.6) is 0 Å². The molecule has 10 heteroatoms. The molecule has 24 heavy (non-hydrogen) atoms. The molecule has 0 saturated heterocycles. The third-order valence-electron chi connectivity index (χ3n) is 3.97. The SMILES string of the molecule is O=[N+]([O-])c1ccccc1S(=O)(=O)Nc1nnc(C2CCCCC2)s1. The Morgan fingerprint density at radius 3 is 2.58 bits per heavy atom. The van der Waals surface area contributed by atoms with Crippen LogP contribution in [-0.2, 0) is 10.0 Å². The molecule has 1 N–H and O–H groups in total. The summed E-state index contributed by atoms with van der Waals surface area (Å²) in [6.07, 6.45) is 5.56. The van der Waals surface area contributed by atoms with E-state index in [9.17, 15) is 18.5 Å². The van der Waals surface area contributed by atoms with Gasteiger partial charge < -0.3 is 0 Å². The normalized spacial score (nSPS) is 16.0. The molecule has 1 fully saturated rings. The molecule has 0 atom stereocenters. The predicted octanol–water partition coefficient (Wildman–Crippen LogP) is 3.29. The van der Waals surface area contributed by atoms with Gasteiger partial charge in [-0.25, -0.2) is 8.42 Å². The van der Waals surface area contributed by atoms with Crippen LogP contribution in [-0.4, -0.2) is 23.5 Å². The van der Waals surface area contributed by atoms with Gasteiger partial charge in [-0.1, -0.05) is 42.7 Å². The van der Waals surface area contributed by atoms with Crippen LogP contribution in [0.25, 0.3) is 0 Å². The van der Waals surface area contributed by atoms with Crippen LogP contribution in [0.4, 0.5) is 10.8 Å². The summed E-state index contributed by atoms with van der Waals surface area (Å²) in [6, 6.07) is 5.21. The van der Waals surface area contributed by atoms with Crippen molar-refractivity contribution in [2.45, 2.75) is 42.9 Å². The van der Waals surface area contributed by atoms with E-state index in [1.807, 2.05) is 0 Å².